The monoisotopic (exact) mass is 331 g/mol. The van der Waals surface area contributed by atoms with Crippen LogP contribution in [-0.2, 0) is 9.05 Å². The number of methoxy groups -OCH3 is 1. The molecule has 1 aromatic carbocycles. The summed E-state index contributed by atoms with van der Waals surface area (Å²) in [6.45, 7) is 2.71. The fraction of sp³-hybridized carbons (Fsp3) is 0.500. The molecular formula is C14H18ClNO4S. The number of carbonyl (C=O) groups excluding carboxylic acids is 1. The van der Waals surface area contributed by atoms with Gasteiger partial charge in [0, 0.05) is 22.8 Å². The fourth-order valence-corrected chi connectivity index (χ4v) is 3.38. The van der Waals surface area contributed by atoms with Crippen LogP contribution in [0.4, 0.5) is 0 Å². The minimum atomic E-state index is -3.97. The number of rotatable bonds is 5. The molecule has 1 aromatic rings. The molecule has 0 unspecified atom stereocenters. The number of amides is 1. The average Bonchev–Trinajstić information content (AvgIpc) is 2.41. The van der Waals surface area contributed by atoms with Crippen molar-refractivity contribution >= 4 is 25.6 Å². The highest BCUT2D eigenvalue weighted by molar-refractivity contribution is 8.13. The summed E-state index contributed by atoms with van der Waals surface area (Å²) >= 11 is 0. The van der Waals surface area contributed by atoms with Crippen LogP contribution in [0.25, 0.3) is 0 Å². The van der Waals surface area contributed by atoms with Crippen molar-refractivity contribution in [2.75, 3.05) is 13.7 Å². The molecule has 1 saturated carbocycles. The Bertz CT molecular complexity index is 653. The van der Waals surface area contributed by atoms with E-state index in [9.17, 15) is 13.2 Å². The van der Waals surface area contributed by atoms with Crippen LogP contribution in [0.1, 0.15) is 36.5 Å². The maximum Gasteiger partial charge on any atom is 0.265 e. The van der Waals surface area contributed by atoms with Crippen LogP contribution in [0.2, 0.25) is 0 Å². The number of benzene rings is 1. The molecule has 0 aliphatic heterocycles. The van der Waals surface area contributed by atoms with E-state index in [-0.39, 0.29) is 27.5 Å². The Balaban J connectivity index is 2.18. The van der Waals surface area contributed by atoms with Crippen LogP contribution < -0.4 is 10.1 Å². The minimum Gasteiger partial charge on any atom is -0.495 e. The van der Waals surface area contributed by atoms with Gasteiger partial charge in [-0.3, -0.25) is 4.79 Å². The molecule has 116 valence electrons. The van der Waals surface area contributed by atoms with Crippen molar-refractivity contribution in [3.05, 3.63) is 23.8 Å². The van der Waals surface area contributed by atoms with Gasteiger partial charge in [0.25, 0.3) is 15.0 Å². The van der Waals surface area contributed by atoms with Crippen molar-refractivity contribution in [1.29, 1.82) is 0 Å². The summed E-state index contributed by atoms with van der Waals surface area (Å²) in [6, 6.07) is 4.18. The van der Waals surface area contributed by atoms with Gasteiger partial charge >= 0.3 is 0 Å². The lowest BCUT2D eigenvalue weighted by atomic mass is 9.70. The molecule has 0 atom stereocenters. The van der Waals surface area contributed by atoms with E-state index in [0.29, 0.717) is 6.54 Å². The predicted octanol–water partition coefficient (Wildman–Crippen LogP) is 2.54. The van der Waals surface area contributed by atoms with Crippen molar-refractivity contribution in [2.45, 2.75) is 31.1 Å². The van der Waals surface area contributed by atoms with Crippen LogP contribution >= 0.6 is 10.7 Å². The van der Waals surface area contributed by atoms with E-state index in [0.717, 1.165) is 12.8 Å². The third-order valence-electron chi connectivity index (χ3n) is 3.92. The summed E-state index contributed by atoms with van der Waals surface area (Å²) in [5, 5.41) is 2.84. The molecule has 0 bridgehead atoms. The zero-order valence-corrected chi connectivity index (χ0v) is 13.6. The van der Waals surface area contributed by atoms with Gasteiger partial charge in [-0.1, -0.05) is 13.3 Å². The normalized spacial score (nSPS) is 16.9. The highest BCUT2D eigenvalue weighted by Crippen LogP contribution is 2.39. The quantitative estimate of drug-likeness (QED) is 0.841. The third-order valence-corrected chi connectivity index (χ3v) is 5.27. The van der Waals surface area contributed by atoms with Crippen molar-refractivity contribution in [3.63, 3.8) is 0 Å². The fourth-order valence-electron chi connectivity index (χ4n) is 2.36. The minimum absolute atomic E-state index is 0.118. The van der Waals surface area contributed by atoms with Gasteiger partial charge in [-0.2, -0.15) is 0 Å². The molecule has 1 aliphatic rings. The van der Waals surface area contributed by atoms with Gasteiger partial charge in [0.05, 0.1) is 7.11 Å². The number of nitrogens with one attached hydrogen (secondary N) is 1. The molecular weight excluding hydrogens is 314 g/mol. The highest BCUT2D eigenvalue weighted by atomic mass is 35.7. The van der Waals surface area contributed by atoms with Gasteiger partial charge < -0.3 is 10.1 Å². The first-order chi connectivity index (χ1) is 9.75. The maximum absolute atomic E-state index is 12.1. The zero-order valence-electron chi connectivity index (χ0n) is 12.0. The lowest BCUT2D eigenvalue weighted by Crippen LogP contribution is -2.39. The number of hydrogen-bond donors (Lipinski definition) is 1. The Hall–Kier alpha value is -1.27. The Morgan fingerprint density at radius 2 is 2.10 bits per heavy atom. The van der Waals surface area contributed by atoms with Gasteiger partial charge in [0.1, 0.15) is 10.6 Å². The van der Waals surface area contributed by atoms with E-state index in [4.69, 9.17) is 15.4 Å². The molecule has 0 aromatic heterocycles. The first kappa shape index (κ1) is 16.1. The average molecular weight is 332 g/mol. The highest BCUT2D eigenvalue weighted by Gasteiger charge is 2.32. The molecule has 1 aliphatic carbocycles. The SMILES string of the molecule is COc1ccc(C(=O)NCC2(C)CCC2)cc1S(=O)(=O)Cl. The van der Waals surface area contributed by atoms with Crippen molar-refractivity contribution in [2.24, 2.45) is 5.41 Å². The molecule has 1 N–H and O–H groups in total. The summed E-state index contributed by atoms with van der Waals surface area (Å²) < 4.78 is 28.0. The molecule has 5 nitrogen and oxygen atoms in total. The van der Waals surface area contributed by atoms with Crippen LogP contribution in [0.3, 0.4) is 0 Å². The van der Waals surface area contributed by atoms with Crippen molar-refractivity contribution < 1.29 is 17.9 Å². The summed E-state index contributed by atoms with van der Waals surface area (Å²) in [5.74, 6) is -0.195. The predicted molar refractivity (Wildman–Crippen MR) is 80.3 cm³/mol. The standard InChI is InChI=1S/C14H18ClNO4S/c1-14(6-3-7-14)9-16-13(17)10-4-5-11(20-2)12(8-10)21(15,18)19/h4-5,8H,3,6-7,9H2,1-2H3,(H,16,17). The smallest absolute Gasteiger partial charge is 0.265 e. The van der Waals surface area contributed by atoms with E-state index in [1.165, 1.54) is 31.7 Å². The molecule has 0 heterocycles. The molecule has 0 saturated heterocycles. The molecule has 7 heteroatoms. The Labute approximate surface area is 129 Å². The van der Waals surface area contributed by atoms with Crippen LogP contribution in [0.5, 0.6) is 5.75 Å². The Morgan fingerprint density at radius 1 is 1.43 bits per heavy atom. The summed E-state index contributed by atoms with van der Waals surface area (Å²) in [5.41, 5.74) is 0.404. The van der Waals surface area contributed by atoms with Gasteiger partial charge in [-0.05, 0) is 36.5 Å². The molecule has 0 spiro atoms. The van der Waals surface area contributed by atoms with Gasteiger partial charge in [0.15, 0.2) is 0 Å². The van der Waals surface area contributed by atoms with E-state index in [2.05, 4.69) is 12.2 Å². The second-order valence-electron chi connectivity index (χ2n) is 5.65. The van der Waals surface area contributed by atoms with E-state index < -0.39 is 9.05 Å². The molecule has 2 rings (SSSR count). The first-order valence-electron chi connectivity index (χ1n) is 6.66. The van der Waals surface area contributed by atoms with Crippen LogP contribution in [0.15, 0.2) is 23.1 Å². The largest absolute Gasteiger partial charge is 0.495 e. The maximum atomic E-state index is 12.1. The second-order valence-corrected chi connectivity index (χ2v) is 8.18. The van der Waals surface area contributed by atoms with Gasteiger partial charge in [0.2, 0.25) is 0 Å². The van der Waals surface area contributed by atoms with Crippen LogP contribution in [-0.4, -0.2) is 28.0 Å². The van der Waals surface area contributed by atoms with E-state index in [1.807, 2.05) is 0 Å². The van der Waals surface area contributed by atoms with Crippen molar-refractivity contribution in [3.8, 4) is 5.75 Å². The van der Waals surface area contributed by atoms with Crippen LogP contribution in [0, 0.1) is 5.41 Å². The second kappa shape index (κ2) is 5.85. The molecule has 0 radical (unpaired) electrons. The lowest BCUT2D eigenvalue weighted by Gasteiger charge is -2.38. The lowest BCUT2D eigenvalue weighted by molar-refractivity contribution is 0.0890. The van der Waals surface area contributed by atoms with Gasteiger partial charge in [-0.25, -0.2) is 8.42 Å². The van der Waals surface area contributed by atoms with E-state index in [1.54, 1.807) is 0 Å². The zero-order chi connectivity index (χ0) is 15.7. The third kappa shape index (κ3) is 3.68. The van der Waals surface area contributed by atoms with Crippen molar-refractivity contribution in [1.82, 2.24) is 5.32 Å². The first-order valence-corrected chi connectivity index (χ1v) is 8.97. The Kier molecular flexibility index (Phi) is 4.49. The Morgan fingerprint density at radius 3 is 2.57 bits per heavy atom. The summed E-state index contributed by atoms with van der Waals surface area (Å²) in [6.07, 6.45) is 3.37. The number of halogens is 1. The topological polar surface area (TPSA) is 72.5 Å². The summed E-state index contributed by atoms with van der Waals surface area (Å²) in [7, 11) is 2.73. The summed E-state index contributed by atoms with van der Waals surface area (Å²) in [4.78, 5) is 11.9. The molecule has 21 heavy (non-hydrogen) atoms. The number of ether oxygens (including phenoxy) is 1. The number of hydrogen-bond acceptors (Lipinski definition) is 4. The van der Waals surface area contributed by atoms with E-state index >= 15 is 0 Å². The number of carbonyl (C=O) groups is 1. The molecule has 1 amide bonds. The van der Waals surface area contributed by atoms with Gasteiger partial charge in [-0.15, -0.1) is 0 Å². The molecule has 1 fully saturated rings.